The van der Waals surface area contributed by atoms with E-state index >= 15 is 0 Å². The Balaban J connectivity index is 1.55. The van der Waals surface area contributed by atoms with Crippen molar-refractivity contribution in [3.05, 3.63) is 35.4 Å². The van der Waals surface area contributed by atoms with E-state index in [0.29, 0.717) is 26.3 Å². The van der Waals surface area contributed by atoms with Crippen molar-refractivity contribution in [1.82, 2.24) is 10.6 Å². The fourth-order valence-electron chi connectivity index (χ4n) is 2.54. The summed E-state index contributed by atoms with van der Waals surface area (Å²) in [5, 5.41) is 5.68. The van der Waals surface area contributed by atoms with Crippen LogP contribution in [0.15, 0.2) is 24.3 Å². The average Bonchev–Trinajstić information content (AvgIpc) is 3.06. The minimum atomic E-state index is -0.161. The molecule has 0 saturated carbocycles. The van der Waals surface area contributed by atoms with Crippen molar-refractivity contribution in [3.8, 4) is 0 Å². The zero-order chi connectivity index (χ0) is 15.6. The van der Waals surface area contributed by atoms with Crippen LogP contribution < -0.4 is 10.6 Å². The standard InChI is InChI=1S/C17H26N2O3/c1-2-14-6-3-4-7-15(14)12-19-17(20)18-9-11-21-13-16-8-5-10-22-16/h3-4,6-7,16H,2,5,8-13H2,1H3,(H2,18,19,20)/t16-/m0/s1. The summed E-state index contributed by atoms with van der Waals surface area (Å²) in [5.74, 6) is 0. The molecule has 1 atom stereocenters. The Kier molecular flexibility index (Phi) is 7.19. The first-order valence-corrected chi connectivity index (χ1v) is 8.07. The summed E-state index contributed by atoms with van der Waals surface area (Å²) in [7, 11) is 0. The van der Waals surface area contributed by atoms with E-state index in [4.69, 9.17) is 9.47 Å². The smallest absolute Gasteiger partial charge is 0.315 e. The van der Waals surface area contributed by atoms with E-state index in [1.807, 2.05) is 18.2 Å². The lowest BCUT2D eigenvalue weighted by Gasteiger charge is -2.12. The molecule has 0 radical (unpaired) electrons. The van der Waals surface area contributed by atoms with E-state index < -0.39 is 0 Å². The second-order valence-corrected chi connectivity index (χ2v) is 5.44. The van der Waals surface area contributed by atoms with Crippen molar-refractivity contribution in [2.45, 2.75) is 38.8 Å². The van der Waals surface area contributed by atoms with Crippen LogP contribution in [0.2, 0.25) is 0 Å². The molecule has 1 aliphatic rings. The third-order valence-electron chi connectivity index (χ3n) is 3.80. The van der Waals surface area contributed by atoms with Gasteiger partial charge in [0.2, 0.25) is 0 Å². The molecule has 1 aromatic carbocycles. The number of rotatable bonds is 8. The molecule has 2 rings (SSSR count). The SMILES string of the molecule is CCc1ccccc1CNC(=O)NCCOC[C@@H]1CCCO1. The van der Waals surface area contributed by atoms with Gasteiger partial charge in [-0.2, -0.15) is 0 Å². The quantitative estimate of drug-likeness (QED) is 0.724. The lowest BCUT2D eigenvalue weighted by molar-refractivity contribution is 0.0188. The highest BCUT2D eigenvalue weighted by Crippen LogP contribution is 2.11. The lowest BCUT2D eigenvalue weighted by atomic mass is 10.1. The predicted octanol–water partition coefficient (Wildman–Crippen LogP) is 2.24. The molecule has 22 heavy (non-hydrogen) atoms. The van der Waals surface area contributed by atoms with Gasteiger partial charge in [-0.1, -0.05) is 31.2 Å². The Morgan fingerprint density at radius 3 is 2.86 bits per heavy atom. The molecule has 2 amide bonds. The zero-order valence-corrected chi connectivity index (χ0v) is 13.3. The summed E-state index contributed by atoms with van der Waals surface area (Å²) in [6, 6.07) is 7.99. The van der Waals surface area contributed by atoms with E-state index in [2.05, 4.69) is 23.6 Å². The summed E-state index contributed by atoms with van der Waals surface area (Å²) >= 11 is 0. The molecule has 5 nitrogen and oxygen atoms in total. The van der Waals surface area contributed by atoms with Gasteiger partial charge in [-0.25, -0.2) is 4.79 Å². The number of urea groups is 1. The highest BCUT2D eigenvalue weighted by Gasteiger charge is 2.14. The van der Waals surface area contributed by atoms with Gasteiger partial charge < -0.3 is 20.1 Å². The Bertz CT molecular complexity index is 459. The van der Waals surface area contributed by atoms with Gasteiger partial charge in [-0.05, 0) is 30.4 Å². The van der Waals surface area contributed by atoms with Crippen LogP contribution in [0.25, 0.3) is 0 Å². The molecule has 1 aromatic rings. The topological polar surface area (TPSA) is 59.6 Å². The third kappa shape index (κ3) is 5.66. The summed E-state index contributed by atoms with van der Waals surface area (Å²) < 4.78 is 11.0. The molecule has 0 spiro atoms. The van der Waals surface area contributed by atoms with Crippen LogP contribution in [0.5, 0.6) is 0 Å². The van der Waals surface area contributed by atoms with Gasteiger partial charge in [-0.3, -0.25) is 0 Å². The summed E-state index contributed by atoms with van der Waals surface area (Å²) in [4.78, 5) is 11.7. The number of carbonyl (C=O) groups is 1. The molecular weight excluding hydrogens is 280 g/mol. The monoisotopic (exact) mass is 306 g/mol. The molecule has 2 N–H and O–H groups in total. The minimum Gasteiger partial charge on any atom is -0.377 e. The Morgan fingerprint density at radius 1 is 1.32 bits per heavy atom. The number of hydrogen-bond acceptors (Lipinski definition) is 3. The van der Waals surface area contributed by atoms with Crippen molar-refractivity contribution >= 4 is 6.03 Å². The van der Waals surface area contributed by atoms with E-state index in [1.54, 1.807) is 0 Å². The third-order valence-corrected chi connectivity index (χ3v) is 3.80. The number of ether oxygens (including phenoxy) is 2. The lowest BCUT2D eigenvalue weighted by Crippen LogP contribution is -2.37. The molecule has 1 saturated heterocycles. The van der Waals surface area contributed by atoms with Crippen LogP contribution in [0.3, 0.4) is 0 Å². The van der Waals surface area contributed by atoms with E-state index in [9.17, 15) is 4.79 Å². The maximum atomic E-state index is 11.7. The maximum Gasteiger partial charge on any atom is 0.315 e. The fourth-order valence-corrected chi connectivity index (χ4v) is 2.54. The van der Waals surface area contributed by atoms with Crippen LogP contribution in [0, 0.1) is 0 Å². The Labute approximate surface area is 132 Å². The van der Waals surface area contributed by atoms with Gasteiger partial charge in [0.1, 0.15) is 0 Å². The number of benzene rings is 1. The Morgan fingerprint density at radius 2 is 2.14 bits per heavy atom. The average molecular weight is 306 g/mol. The first kappa shape index (κ1) is 16.8. The van der Waals surface area contributed by atoms with Crippen LogP contribution in [-0.4, -0.2) is 38.5 Å². The summed E-state index contributed by atoms with van der Waals surface area (Å²) in [5.41, 5.74) is 2.43. The normalized spacial score (nSPS) is 17.4. The van der Waals surface area contributed by atoms with Gasteiger partial charge in [0.15, 0.2) is 0 Å². The molecule has 122 valence electrons. The molecule has 1 fully saturated rings. The minimum absolute atomic E-state index is 0.161. The van der Waals surface area contributed by atoms with Crippen molar-refractivity contribution < 1.29 is 14.3 Å². The predicted molar refractivity (Wildman–Crippen MR) is 85.9 cm³/mol. The zero-order valence-electron chi connectivity index (χ0n) is 13.3. The Hall–Kier alpha value is -1.59. The maximum absolute atomic E-state index is 11.7. The van der Waals surface area contributed by atoms with Crippen molar-refractivity contribution in [3.63, 3.8) is 0 Å². The molecule has 5 heteroatoms. The molecule has 0 aliphatic carbocycles. The number of carbonyl (C=O) groups excluding carboxylic acids is 1. The highest BCUT2D eigenvalue weighted by molar-refractivity contribution is 5.73. The number of aryl methyl sites for hydroxylation is 1. The molecule has 0 bridgehead atoms. The summed E-state index contributed by atoms with van der Waals surface area (Å²) in [6.45, 7) is 5.14. The molecule has 1 heterocycles. The number of hydrogen-bond donors (Lipinski definition) is 2. The number of nitrogens with one attached hydrogen (secondary N) is 2. The number of amides is 2. The second-order valence-electron chi connectivity index (χ2n) is 5.44. The molecular formula is C17H26N2O3. The highest BCUT2D eigenvalue weighted by atomic mass is 16.5. The first-order valence-electron chi connectivity index (χ1n) is 8.07. The van der Waals surface area contributed by atoms with Crippen LogP contribution in [0.1, 0.15) is 30.9 Å². The molecule has 1 aliphatic heterocycles. The van der Waals surface area contributed by atoms with Crippen LogP contribution in [-0.2, 0) is 22.4 Å². The van der Waals surface area contributed by atoms with Crippen LogP contribution in [0.4, 0.5) is 4.79 Å². The van der Waals surface area contributed by atoms with Crippen molar-refractivity contribution in [1.29, 1.82) is 0 Å². The van der Waals surface area contributed by atoms with E-state index in [1.165, 1.54) is 5.56 Å². The fraction of sp³-hybridized carbons (Fsp3) is 0.588. The van der Waals surface area contributed by atoms with Gasteiger partial charge in [0, 0.05) is 19.7 Å². The van der Waals surface area contributed by atoms with E-state index in [-0.39, 0.29) is 12.1 Å². The largest absolute Gasteiger partial charge is 0.377 e. The van der Waals surface area contributed by atoms with E-state index in [0.717, 1.165) is 31.4 Å². The van der Waals surface area contributed by atoms with Gasteiger partial charge in [0.25, 0.3) is 0 Å². The van der Waals surface area contributed by atoms with Gasteiger partial charge in [0.05, 0.1) is 19.3 Å². The second kappa shape index (κ2) is 9.43. The molecule has 0 aromatic heterocycles. The van der Waals surface area contributed by atoms with Crippen LogP contribution >= 0.6 is 0 Å². The summed E-state index contributed by atoms with van der Waals surface area (Å²) in [6.07, 6.45) is 3.40. The first-order chi connectivity index (χ1) is 10.8. The van der Waals surface area contributed by atoms with Crippen molar-refractivity contribution in [2.75, 3.05) is 26.4 Å². The van der Waals surface area contributed by atoms with Gasteiger partial charge in [-0.15, -0.1) is 0 Å². The van der Waals surface area contributed by atoms with Crippen molar-refractivity contribution in [2.24, 2.45) is 0 Å². The molecule has 0 unspecified atom stereocenters. The van der Waals surface area contributed by atoms with Gasteiger partial charge >= 0.3 is 6.03 Å².